The predicted molar refractivity (Wildman–Crippen MR) is 121 cm³/mol. The summed E-state index contributed by atoms with van der Waals surface area (Å²) in [6.07, 6.45) is -2.79. The van der Waals surface area contributed by atoms with Gasteiger partial charge in [0.15, 0.2) is 12.3 Å². The molecule has 4 rings (SSSR count). The molecule has 1 aromatic carbocycles. The molecule has 1 amide bonds. The van der Waals surface area contributed by atoms with Crippen molar-refractivity contribution in [2.24, 2.45) is 0 Å². The summed E-state index contributed by atoms with van der Waals surface area (Å²) in [7, 11) is 1.39. The number of halogens is 3. The highest BCUT2D eigenvalue weighted by atomic mass is 19.4. The number of pyridine rings is 2. The van der Waals surface area contributed by atoms with E-state index in [0.29, 0.717) is 22.5 Å². The number of amides is 1. The summed E-state index contributed by atoms with van der Waals surface area (Å²) < 4.78 is 49.4. The molecule has 0 radical (unpaired) electrons. The van der Waals surface area contributed by atoms with Gasteiger partial charge in [-0.1, -0.05) is 18.2 Å². The first-order chi connectivity index (χ1) is 16.6. The number of nitrogen functional groups attached to an aromatic ring is 1. The number of nitrogens with two attached hydrogens (primary N) is 1. The molecule has 0 spiro atoms. The van der Waals surface area contributed by atoms with Gasteiger partial charge in [0.05, 0.1) is 7.11 Å². The number of ether oxygens (including phenoxy) is 2. The van der Waals surface area contributed by atoms with Crippen LogP contribution in [0.4, 0.5) is 19.1 Å². The van der Waals surface area contributed by atoms with Crippen molar-refractivity contribution in [3.05, 3.63) is 65.5 Å². The van der Waals surface area contributed by atoms with Crippen LogP contribution in [0.2, 0.25) is 0 Å². The van der Waals surface area contributed by atoms with E-state index in [1.807, 2.05) is 0 Å². The third-order valence-corrected chi connectivity index (χ3v) is 5.08. The zero-order chi connectivity index (χ0) is 25.2. The average molecular weight is 486 g/mol. The molecular weight excluding hydrogens is 465 g/mol. The number of alkyl halides is 3. The van der Waals surface area contributed by atoms with Crippen molar-refractivity contribution >= 4 is 17.5 Å². The van der Waals surface area contributed by atoms with Crippen LogP contribution >= 0.6 is 0 Å². The van der Waals surface area contributed by atoms with Gasteiger partial charge >= 0.3 is 6.18 Å². The van der Waals surface area contributed by atoms with Crippen molar-refractivity contribution in [3.8, 4) is 22.8 Å². The molecule has 0 aliphatic rings. The number of nitrogens with zero attached hydrogens (tertiary/aromatic N) is 4. The summed E-state index contributed by atoms with van der Waals surface area (Å²) in [6, 6.07) is 11.4. The topological polar surface area (TPSA) is 117 Å². The molecule has 4 aromatic rings. The summed E-state index contributed by atoms with van der Waals surface area (Å²) in [4.78, 5) is 21.6. The van der Waals surface area contributed by atoms with Crippen LogP contribution in [0.25, 0.3) is 16.8 Å². The zero-order valence-corrected chi connectivity index (χ0v) is 18.8. The van der Waals surface area contributed by atoms with E-state index in [1.54, 1.807) is 49.5 Å². The molecule has 9 nitrogen and oxygen atoms in total. The lowest BCUT2D eigenvalue weighted by Gasteiger charge is -2.15. The minimum absolute atomic E-state index is 0.0284. The SMILES string of the molecule is COc1nc(C)c(-c2ccn3nc(N)nc3c2)cc1C(=O)NCc1ccccc1OCC(F)(F)F. The molecule has 3 aromatic heterocycles. The molecule has 0 atom stereocenters. The zero-order valence-electron chi connectivity index (χ0n) is 18.8. The first-order valence-corrected chi connectivity index (χ1v) is 10.4. The van der Waals surface area contributed by atoms with Crippen LogP contribution in [0, 0.1) is 6.92 Å². The summed E-state index contributed by atoms with van der Waals surface area (Å²) in [5.41, 5.74) is 8.73. The van der Waals surface area contributed by atoms with Gasteiger partial charge in [-0.3, -0.25) is 4.79 Å². The quantitative estimate of drug-likeness (QED) is 0.410. The summed E-state index contributed by atoms with van der Waals surface area (Å²) in [5.74, 6) is -0.251. The average Bonchev–Trinajstić information content (AvgIpc) is 3.20. The Balaban J connectivity index is 1.59. The fourth-order valence-electron chi connectivity index (χ4n) is 3.48. The highest BCUT2D eigenvalue weighted by Gasteiger charge is 2.29. The van der Waals surface area contributed by atoms with Gasteiger partial charge in [0.25, 0.3) is 5.91 Å². The minimum Gasteiger partial charge on any atom is -0.484 e. The number of benzene rings is 1. The number of methoxy groups -OCH3 is 1. The highest BCUT2D eigenvalue weighted by molar-refractivity contribution is 5.97. The van der Waals surface area contributed by atoms with Crippen LogP contribution < -0.4 is 20.5 Å². The second-order valence-corrected chi connectivity index (χ2v) is 7.56. The number of fused-ring (bicyclic) bond motifs is 1. The second kappa shape index (κ2) is 9.49. The van der Waals surface area contributed by atoms with E-state index in [-0.39, 0.29) is 29.7 Å². The maximum atomic E-state index is 13.0. The molecule has 3 N–H and O–H groups in total. The Morgan fingerprint density at radius 3 is 2.69 bits per heavy atom. The number of hydrogen-bond donors (Lipinski definition) is 2. The molecule has 0 aliphatic carbocycles. The van der Waals surface area contributed by atoms with E-state index in [1.165, 1.54) is 17.7 Å². The number of carbonyl (C=O) groups excluding carboxylic acids is 1. The largest absolute Gasteiger partial charge is 0.484 e. The fourth-order valence-corrected chi connectivity index (χ4v) is 3.48. The van der Waals surface area contributed by atoms with Crippen LogP contribution in [0.3, 0.4) is 0 Å². The van der Waals surface area contributed by atoms with Gasteiger partial charge < -0.3 is 20.5 Å². The van der Waals surface area contributed by atoms with Gasteiger partial charge in [0.1, 0.15) is 11.3 Å². The van der Waals surface area contributed by atoms with Crippen molar-refractivity contribution in [1.82, 2.24) is 24.9 Å². The lowest BCUT2D eigenvalue weighted by molar-refractivity contribution is -0.153. The highest BCUT2D eigenvalue weighted by Crippen LogP contribution is 2.29. The Morgan fingerprint density at radius 1 is 1.17 bits per heavy atom. The molecule has 0 fully saturated rings. The van der Waals surface area contributed by atoms with Gasteiger partial charge in [-0.05, 0) is 36.8 Å². The Kier molecular flexibility index (Phi) is 6.45. The number of aryl methyl sites for hydroxylation is 1. The van der Waals surface area contributed by atoms with Crippen molar-refractivity contribution in [2.45, 2.75) is 19.6 Å². The molecule has 182 valence electrons. The van der Waals surface area contributed by atoms with Gasteiger partial charge in [-0.25, -0.2) is 9.50 Å². The number of hydrogen-bond acceptors (Lipinski definition) is 7. The number of aromatic nitrogens is 4. The number of rotatable bonds is 7. The van der Waals surface area contributed by atoms with Gasteiger partial charge in [-0.2, -0.15) is 18.2 Å². The Hall–Kier alpha value is -4.35. The summed E-state index contributed by atoms with van der Waals surface area (Å²) in [5, 5.41) is 6.74. The lowest BCUT2D eigenvalue weighted by Crippen LogP contribution is -2.25. The molecular formula is C23H21F3N6O3. The van der Waals surface area contributed by atoms with Crippen LogP contribution in [0.15, 0.2) is 48.7 Å². The van der Waals surface area contributed by atoms with Crippen LogP contribution in [-0.4, -0.2) is 45.4 Å². The fraction of sp³-hybridized carbons (Fsp3) is 0.217. The van der Waals surface area contributed by atoms with Crippen molar-refractivity contribution in [1.29, 1.82) is 0 Å². The van der Waals surface area contributed by atoms with Gasteiger partial charge in [0, 0.05) is 29.6 Å². The third kappa shape index (κ3) is 5.42. The maximum Gasteiger partial charge on any atom is 0.422 e. The molecule has 0 aliphatic heterocycles. The summed E-state index contributed by atoms with van der Waals surface area (Å²) >= 11 is 0. The number of nitrogens with one attached hydrogen (secondary N) is 1. The van der Waals surface area contributed by atoms with E-state index in [9.17, 15) is 18.0 Å². The Labute approximate surface area is 197 Å². The van der Waals surface area contributed by atoms with E-state index >= 15 is 0 Å². The maximum absolute atomic E-state index is 13.0. The predicted octanol–water partition coefficient (Wildman–Crippen LogP) is 3.56. The van der Waals surface area contributed by atoms with Crippen molar-refractivity contribution < 1.29 is 27.4 Å². The van der Waals surface area contributed by atoms with Crippen molar-refractivity contribution in [2.75, 3.05) is 19.5 Å². The Bertz CT molecular complexity index is 1390. The molecule has 3 heterocycles. The molecule has 0 bridgehead atoms. The van der Waals surface area contributed by atoms with E-state index < -0.39 is 18.7 Å². The van der Waals surface area contributed by atoms with Crippen LogP contribution in [-0.2, 0) is 6.54 Å². The molecule has 0 unspecified atom stereocenters. The molecule has 12 heteroatoms. The number of carbonyl (C=O) groups is 1. The second-order valence-electron chi connectivity index (χ2n) is 7.56. The standard InChI is InChI=1S/C23H21F3N6O3/c1-13-16(14-7-8-32-19(9-14)30-22(27)31-32)10-17(21(29-13)34-2)20(33)28-11-15-5-3-4-6-18(15)35-12-23(24,25)26/h3-10H,11-12H2,1-2H3,(H2,27,31)(H,28,33). The van der Waals surface area contributed by atoms with E-state index in [4.69, 9.17) is 15.2 Å². The van der Waals surface area contributed by atoms with Crippen LogP contribution in [0.1, 0.15) is 21.6 Å². The normalized spacial score (nSPS) is 11.5. The summed E-state index contributed by atoms with van der Waals surface area (Å²) in [6.45, 7) is 0.277. The minimum atomic E-state index is -4.48. The Morgan fingerprint density at radius 2 is 1.94 bits per heavy atom. The molecule has 0 saturated carbocycles. The van der Waals surface area contributed by atoms with Gasteiger partial charge in [-0.15, -0.1) is 5.10 Å². The monoisotopic (exact) mass is 486 g/mol. The van der Waals surface area contributed by atoms with E-state index in [2.05, 4.69) is 20.4 Å². The smallest absolute Gasteiger partial charge is 0.422 e. The van der Waals surface area contributed by atoms with Gasteiger partial charge in [0.2, 0.25) is 11.8 Å². The lowest BCUT2D eigenvalue weighted by atomic mass is 10.0. The number of anilines is 1. The van der Waals surface area contributed by atoms with Crippen molar-refractivity contribution in [3.63, 3.8) is 0 Å². The molecule has 0 saturated heterocycles. The first-order valence-electron chi connectivity index (χ1n) is 10.4. The third-order valence-electron chi connectivity index (χ3n) is 5.08. The molecule has 35 heavy (non-hydrogen) atoms. The van der Waals surface area contributed by atoms with Crippen LogP contribution in [0.5, 0.6) is 11.6 Å². The first kappa shape index (κ1) is 23.8. The van der Waals surface area contributed by atoms with E-state index in [0.717, 1.165) is 5.56 Å². The number of para-hydroxylation sites is 1.